The first-order valence-corrected chi connectivity index (χ1v) is 7.45. The molecule has 19 heavy (non-hydrogen) atoms. The van der Waals surface area contributed by atoms with Crippen molar-refractivity contribution in [2.24, 2.45) is 5.92 Å². The van der Waals surface area contributed by atoms with Crippen LogP contribution < -0.4 is 5.32 Å². The van der Waals surface area contributed by atoms with Crippen LogP contribution in [0.3, 0.4) is 0 Å². The maximum Gasteiger partial charge on any atom is 0.283 e. The largest absolute Gasteiger partial charge is 0.314 e. The topological polar surface area (TPSA) is 55.2 Å². The van der Waals surface area contributed by atoms with E-state index >= 15 is 0 Å². The van der Waals surface area contributed by atoms with Gasteiger partial charge in [0.2, 0.25) is 0 Å². The molecule has 4 nitrogen and oxygen atoms in total. The van der Waals surface area contributed by atoms with Crippen molar-refractivity contribution in [3.8, 4) is 0 Å². The summed E-state index contributed by atoms with van der Waals surface area (Å²) in [4.78, 5) is 10.6. The second-order valence-electron chi connectivity index (χ2n) is 4.73. The normalized spacial score (nSPS) is 14.1. The fourth-order valence-corrected chi connectivity index (χ4v) is 2.88. The van der Waals surface area contributed by atoms with Crippen molar-refractivity contribution < 1.29 is 4.92 Å². The molecule has 0 aromatic heterocycles. The Morgan fingerprint density at radius 1 is 1.42 bits per heavy atom. The number of halogens is 1. The quantitative estimate of drug-likeness (QED) is 0.609. The molecule has 1 aromatic rings. The van der Waals surface area contributed by atoms with E-state index in [0.717, 1.165) is 24.9 Å². The summed E-state index contributed by atoms with van der Waals surface area (Å²) < 4.78 is 0.613. The molecule has 106 valence electrons. The van der Waals surface area contributed by atoms with E-state index in [4.69, 9.17) is 0 Å². The summed E-state index contributed by atoms with van der Waals surface area (Å²) in [5, 5.41) is 14.4. The fraction of sp³-hybridized carbons (Fsp3) is 0.571. The molecule has 2 unspecified atom stereocenters. The maximum atomic E-state index is 10.9. The molecule has 0 heterocycles. The van der Waals surface area contributed by atoms with E-state index in [2.05, 4.69) is 42.0 Å². The van der Waals surface area contributed by atoms with Gasteiger partial charge in [-0.3, -0.25) is 10.1 Å². The Morgan fingerprint density at radius 2 is 2.11 bits per heavy atom. The van der Waals surface area contributed by atoms with Gasteiger partial charge in [-0.1, -0.05) is 32.4 Å². The lowest BCUT2D eigenvalue weighted by Crippen LogP contribution is -2.34. The highest BCUT2D eigenvalue weighted by molar-refractivity contribution is 9.10. The number of nitro groups is 1. The number of nitrogens with zero attached hydrogens (tertiary/aromatic N) is 1. The van der Waals surface area contributed by atoms with Gasteiger partial charge in [-0.15, -0.1) is 0 Å². The molecule has 0 saturated heterocycles. The summed E-state index contributed by atoms with van der Waals surface area (Å²) in [6.07, 6.45) is 1.89. The molecule has 1 rings (SSSR count). The first kappa shape index (κ1) is 16.1. The summed E-state index contributed by atoms with van der Waals surface area (Å²) >= 11 is 3.37. The van der Waals surface area contributed by atoms with E-state index in [1.807, 2.05) is 6.07 Å². The lowest BCUT2D eigenvalue weighted by atomic mass is 9.90. The zero-order valence-electron chi connectivity index (χ0n) is 11.6. The van der Waals surface area contributed by atoms with Gasteiger partial charge in [0, 0.05) is 12.1 Å². The van der Waals surface area contributed by atoms with Crippen LogP contribution in [0.15, 0.2) is 22.7 Å². The molecule has 0 radical (unpaired) electrons. The highest BCUT2D eigenvalue weighted by Gasteiger charge is 2.20. The molecule has 0 aliphatic rings. The van der Waals surface area contributed by atoms with E-state index in [1.54, 1.807) is 6.07 Å². The molecule has 0 saturated carbocycles. The number of nitro benzene ring substituents is 1. The molecule has 0 aliphatic carbocycles. The van der Waals surface area contributed by atoms with Crippen LogP contribution in [-0.2, 0) is 6.42 Å². The number of hydrogen-bond donors (Lipinski definition) is 1. The van der Waals surface area contributed by atoms with Crippen LogP contribution in [0.25, 0.3) is 0 Å². The van der Waals surface area contributed by atoms with Gasteiger partial charge in [0.25, 0.3) is 5.69 Å². The number of benzene rings is 1. The van der Waals surface area contributed by atoms with Crippen LogP contribution in [0.1, 0.15) is 32.8 Å². The molecule has 1 aromatic carbocycles. The average molecular weight is 329 g/mol. The third-order valence-corrected chi connectivity index (χ3v) is 4.41. The van der Waals surface area contributed by atoms with Crippen LogP contribution in [0.4, 0.5) is 5.69 Å². The second kappa shape index (κ2) is 7.60. The molecule has 0 aliphatic heterocycles. The Balaban J connectivity index is 2.91. The van der Waals surface area contributed by atoms with Gasteiger partial charge in [-0.05, 0) is 47.3 Å². The smallest absolute Gasteiger partial charge is 0.283 e. The van der Waals surface area contributed by atoms with Gasteiger partial charge < -0.3 is 5.32 Å². The Hall–Kier alpha value is -0.940. The summed E-state index contributed by atoms with van der Waals surface area (Å²) in [5.41, 5.74) is 1.15. The van der Waals surface area contributed by atoms with Gasteiger partial charge in [0.05, 0.1) is 9.40 Å². The first-order chi connectivity index (χ1) is 9.01. The Morgan fingerprint density at radius 3 is 2.63 bits per heavy atom. The molecule has 5 heteroatoms. The van der Waals surface area contributed by atoms with Crippen LogP contribution in [0, 0.1) is 16.0 Å². The van der Waals surface area contributed by atoms with E-state index in [0.29, 0.717) is 16.4 Å². The minimum absolute atomic E-state index is 0.142. The van der Waals surface area contributed by atoms with E-state index < -0.39 is 0 Å². The number of nitrogens with one attached hydrogen (secondary N) is 1. The van der Waals surface area contributed by atoms with Gasteiger partial charge >= 0.3 is 0 Å². The van der Waals surface area contributed by atoms with E-state index in [1.165, 1.54) is 6.07 Å². The SMILES string of the molecule is CCNC(C)C(CC)Cc1cccc([N+](=O)[O-])c1Br. The predicted molar refractivity (Wildman–Crippen MR) is 81.4 cm³/mol. The van der Waals surface area contributed by atoms with Crippen molar-refractivity contribution in [3.05, 3.63) is 38.3 Å². The molecular formula is C14H21BrN2O2. The van der Waals surface area contributed by atoms with Crippen molar-refractivity contribution >= 4 is 21.6 Å². The Bertz CT molecular complexity index is 437. The minimum atomic E-state index is -0.345. The van der Waals surface area contributed by atoms with Gasteiger partial charge in [-0.25, -0.2) is 0 Å². The van der Waals surface area contributed by atoms with E-state index in [-0.39, 0.29) is 10.6 Å². The van der Waals surface area contributed by atoms with Gasteiger partial charge in [0.1, 0.15) is 0 Å². The summed E-state index contributed by atoms with van der Waals surface area (Å²) in [6.45, 7) is 7.35. The molecule has 0 bridgehead atoms. The van der Waals surface area contributed by atoms with Crippen molar-refractivity contribution in [1.29, 1.82) is 0 Å². The molecule has 0 amide bonds. The van der Waals surface area contributed by atoms with Crippen molar-refractivity contribution in [1.82, 2.24) is 5.32 Å². The van der Waals surface area contributed by atoms with Gasteiger partial charge in [-0.2, -0.15) is 0 Å². The zero-order valence-corrected chi connectivity index (χ0v) is 13.2. The lowest BCUT2D eigenvalue weighted by molar-refractivity contribution is -0.385. The summed E-state index contributed by atoms with van der Waals surface area (Å²) in [5.74, 6) is 0.471. The van der Waals surface area contributed by atoms with Gasteiger partial charge in [0.15, 0.2) is 0 Å². The van der Waals surface area contributed by atoms with Crippen LogP contribution in [0.2, 0.25) is 0 Å². The molecule has 0 fully saturated rings. The predicted octanol–water partition coefficient (Wildman–Crippen LogP) is 3.92. The van der Waals surface area contributed by atoms with Crippen molar-refractivity contribution in [2.75, 3.05) is 6.54 Å². The summed E-state index contributed by atoms with van der Waals surface area (Å²) in [6, 6.07) is 5.64. The Kier molecular flexibility index (Phi) is 6.45. The fourth-order valence-electron chi connectivity index (χ4n) is 2.31. The van der Waals surface area contributed by atoms with Crippen LogP contribution in [-0.4, -0.2) is 17.5 Å². The summed E-state index contributed by atoms with van der Waals surface area (Å²) in [7, 11) is 0. The third kappa shape index (κ3) is 4.28. The first-order valence-electron chi connectivity index (χ1n) is 6.66. The maximum absolute atomic E-state index is 10.9. The monoisotopic (exact) mass is 328 g/mol. The minimum Gasteiger partial charge on any atom is -0.314 e. The lowest BCUT2D eigenvalue weighted by Gasteiger charge is -2.23. The molecule has 2 atom stereocenters. The van der Waals surface area contributed by atoms with Crippen molar-refractivity contribution in [3.63, 3.8) is 0 Å². The van der Waals surface area contributed by atoms with Crippen LogP contribution in [0.5, 0.6) is 0 Å². The third-order valence-electron chi connectivity index (χ3n) is 3.49. The zero-order chi connectivity index (χ0) is 14.4. The number of rotatable bonds is 7. The Labute approximate surface area is 122 Å². The highest BCUT2D eigenvalue weighted by Crippen LogP contribution is 2.30. The van der Waals surface area contributed by atoms with E-state index in [9.17, 15) is 10.1 Å². The standard InChI is InChI=1S/C14H21BrN2O2/c1-4-11(10(3)16-5-2)9-12-7-6-8-13(14(12)15)17(18)19/h6-8,10-11,16H,4-5,9H2,1-3H3. The molecular weight excluding hydrogens is 308 g/mol. The van der Waals surface area contributed by atoms with Crippen LogP contribution >= 0.6 is 15.9 Å². The number of hydrogen-bond acceptors (Lipinski definition) is 3. The van der Waals surface area contributed by atoms with Crippen molar-refractivity contribution in [2.45, 2.75) is 39.7 Å². The highest BCUT2D eigenvalue weighted by atomic mass is 79.9. The molecule has 1 N–H and O–H groups in total. The second-order valence-corrected chi connectivity index (χ2v) is 5.52. The average Bonchev–Trinajstić information content (AvgIpc) is 2.37. The molecule has 0 spiro atoms.